The van der Waals surface area contributed by atoms with Crippen LogP contribution in [-0.4, -0.2) is 109 Å². The molecule has 11 atom stereocenters. The second-order valence-electron chi connectivity index (χ2n) is 12.5. The van der Waals surface area contributed by atoms with Crippen molar-refractivity contribution in [1.29, 1.82) is 0 Å². The third-order valence-electron chi connectivity index (χ3n) is 7.57. The second kappa shape index (κ2) is 18.9. The highest BCUT2D eigenvalue weighted by molar-refractivity contribution is 5.69. The van der Waals surface area contributed by atoms with Gasteiger partial charge in [-0.3, -0.25) is 28.8 Å². The van der Waals surface area contributed by atoms with E-state index in [1.807, 2.05) is 19.9 Å². The van der Waals surface area contributed by atoms with Gasteiger partial charge in [0.15, 0.2) is 49.2 Å². The van der Waals surface area contributed by atoms with E-state index in [9.17, 15) is 28.8 Å². The summed E-state index contributed by atoms with van der Waals surface area (Å²) in [5, 5.41) is 0. The number of carbonyl (C=O) groups excluding carboxylic acids is 6. The Morgan fingerprint density at radius 1 is 0.620 bits per heavy atom. The van der Waals surface area contributed by atoms with Gasteiger partial charge in [0.05, 0.1) is 18.3 Å². The maximum absolute atomic E-state index is 12.4. The first kappa shape index (κ1) is 42.3. The normalized spacial score (nSPS) is 30.4. The summed E-state index contributed by atoms with van der Waals surface area (Å²) >= 11 is 0. The molecule has 2 saturated heterocycles. The molecule has 50 heavy (non-hydrogen) atoms. The zero-order chi connectivity index (χ0) is 37.9. The minimum absolute atomic E-state index is 0.431. The summed E-state index contributed by atoms with van der Waals surface area (Å²) in [4.78, 5) is 73.2. The molecule has 2 heterocycles. The largest absolute Gasteiger partial charge is 0.456 e. The van der Waals surface area contributed by atoms with Crippen molar-refractivity contribution >= 4 is 35.8 Å². The fraction of sp³-hybridized carbons (Fsp3) is 0.706. The molecule has 0 N–H and O–H groups in total. The molecule has 0 aromatic heterocycles. The van der Waals surface area contributed by atoms with Crippen LogP contribution in [0.25, 0.3) is 0 Å². The maximum atomic E-state index is 12.4. The quantitative estimate of drug-likeness (QED) is 0.136. The first-order chi connectivity index (χ1) is 23.3. The van der Waals surface area contributed by atoms with Crippen molar-refractivity contribution in [2.24, 2.45) is 0 Å². The molecule has 0 aromatic carbocycles. The number of carbonyl (C=O) groups is 6. The van der Waals surface area contributed by atoms with E-state index in [1.165, 1.54) is 6.92 Å². The lowest BCUT2D eigenvalue weighted by Gasteiger charge is -2.47. The lowest BCUT2D eigenvalue weighted by atomic mass is 9.95. The summed E-state index contributed by atoms with van der Waals surface area (Å²) in [6.45, 7) is 17.3. The molecule has 2 fully saturated rings. The van der Waals surface area contributed by atoms with Gasteiger partial charge >= 0.3 is 35.8 Å². The SMILES string of the molecule is C=CC(C)(CCC=C(C)C)O[C@@H]1O[C@H](CO[C@@H]2O[C@@H](C)[C@H](OC(C)=O)[C@@H](OC(C)=O)[C@H]2OC(C)=O)[C@@H](OC(C)=O)[C@H](OC(C)=O)[C@H]1OC(C)=O. The van der Waals surface area contributed by atoms with Crippen LogP contribution in [-0.2, 0) is 76.1 Å². The van der Waals surface area contributed by atoms with Gasteiger partial charge in [-0.2, -0.15) is 0 Å². The summed E-state index contributed by atoms with van der Waals surface area (Å²) in [5.74, 6) is -4.62. The Morgan fingerprint density at radius 3 is 1.50 bits per heavy atom. The molecule has 0 spiro atoms. The van der Waals surface area contributed by atoms with Gasteiger partial charge in [-0.1, -0.05) is 17.7 Å². The Balaban J connectivity index is 2.57. The highest BCUT2D eigenvalue weighted by Crippen LogP contribution is 2.35. The predicted octanol–water partition coefficient (Wildman–Crippen LogP) is 2.77. The Hall–Kier alpha value is -3.86. The molecule has 0 aromatic rings. The molecule has 2 aliphatic heterocycles. The smallest absolute Gasteiger partial charge is 0.303 e. The van der Waals surface area contributed by atoms with Crippen LogP contribution >= 0.6 is 0 Å². The summed E-state index contributed by atoms with van der Waals surface area (Å²) < 4.78 is 57.6. The van der Waals surface area contributed by atoms with Crippen molar-refractivity contribution in [2.75, 3.05) is 6.61 Å². The van der Waals surface area contributed by atoms with Crippen LogP contribution in [0, 0.1) is 0 Å². The first-order valence-electron chi connectivity index (χ1n) is 16.2. The fourth-order valence-electron chi connectivity index (χ4n) is 5.50. The average Bonchev–Trinajstić information content (AvgIpc) is 2.97. The van der Waals surface area contributed by atoms with Crippen LogP contribution < -0.4 is 0 Å². The van der Waals surface area contributed by atoms with Gasteiger partial charge in [0, 0.05) is 41.5 Å². The monoisotopic (exact) mass is 714 g/mol. The van der Waals surface area contributed by atoms with Gasteiger partial charge in [0.1, 0.15) is 6.10 Å². The minimum Gasteiger partial charge on any atom is -0.456 e. The van der Waals surface area contributed by atoms with Gasteiger partial charge in [-0.25, -0.2) is 0 Å². The van der Waals surface area contributed by atoms with E-state index in [1.54, 1.807) is 13.0 Å². The number of hydrogen-bond acceptors (Lipinski definition) is 16. The molecule has 2 aliphatic rings. The zero-order valence-corrected chi connectivity index (χ0v) is 30.3. The van der Waals surface area contributed by atoms with E-state index in [0.717, 1.165) is 47.1 Å². The number of rotatable bonds is 15. The van der Waals surface area contributed by atoms with E-state index < -0.39 is 109 Å². The third kappa shape index (κ3) is 12.8. The Morgan fingerprint density at radius 2 is 1.04 bits per heavy atom. The highest BCUT2D eigenvalue weighted by atomic mass is 16.8. The fourth-order valence-corrected chi connectivity index (χ4v) is 5.50. The minimum atomic E-state index is -1.45. The van der Waals surface area contributed by atoms with Crippen molar-refractivity contribution in [3.8, 4) is 0 Å². The molecule has 16 heteroatoms. The van der Waals surface area contributed by atoms with Crippen LogP contribution in [0.1, 0.15) is 82.1 Å². The Kier molecular flexibility index (Phi) is 16.0. The number of ether oxygens (including phenoxy) is 10. The number of hydrogen-bond donors (Lipinski definition) is 0. The van der Waals surface area contributed by atoms with Gasteiger partial charge in [0.2, 0.25) is 0 Å². The van der Waals surface area contributed by atoms with Gasteiger partial charge in [0.25, 0.3) is 0 Å². The van der Waals surface area contributed by atoms with Crippen LogP contribution in [0.5, 0.6) is 0 Å². The van der Waals surface area contributed by atoms with Crippen LogP contribution in [0.2, 0.25) is 0 Å². The van der Waals surface area contributed by atoms with Crippen LogP contribution in [0.15, 0.2) is 24.3 Å². The van der Waals surface area contributed by atoms with Crippen molar-refractivity contribution < 1.29 is 76.1 Å². The molecule has 0 saturated carbocycles. The van der Waals surface area contributed by atoms with E-state index >= 15 is 0 Å². The van der Waals surface area contributed by atoms with Crippen molar-refractivity contribution in [1.82, 2.24) is 0 Å². The van der Waals surface area contributed by atoms with Crippen molar-refractivity contribution in [3.05, 3.63) is 24.3 Å². The van der Waals surface area contributed by atoms with E-state index in [0.29, 0.717) is 12.8 Å². The van der Waals surface area contributed by atoms with Gasteiger partial charge in [-0.15, -0.1) is 6.58 Å². The molecule has 0 aliphatic carbocycles. The molecule has 282 valence electrons. The van der Waals surface area contributed by atoms with Gasteiger partial charge in [-0.05, 0) is 40.5 Å². The molecule has 0 amide bonds. The molecule has 0 radical (unpaired) electrons. The molecule has 1 unspecified atom stereocenters. The Bertz CT molecular complexity index is 1270. The molecular weight excluding hydrogens is 664 g/mol. The lowest BCUT2D eigenvalue weighted by molar-refractivity contribution is -0.341. The number of esters is 6. The van der Waals surface area contributed by atoms with Crippen molar-refractivity contribution in [3.63, 3.8) is 0 Å². The zero-order valence-electron chi connectivity index (χ0n) is 30.3. The van der Waals surface area contributed by atoms with E-state index in [4.69, 9.17) is 47.4 Å². The van der Waals surface area contributed by atoms with Crippen molar-refractivity contribution in [2.45, 2.75) is 149 Å². The molecule has 0 bridgehead atoms. The van der Waals surface area contributed by atoms with Crippen LogP contribution in [0.4, 0.5) is 0 Å². The first-order valence-corrected chi connectivity index (χ1v) is 16.2. The number of allylic oxidation sites excluding steroid dienone is 2. The summed E-state index contributed by atoms with van der Waals surface area (Å²) in [5.41, 5.74) is 0.0294. The Labute approximate surface area is 291 Å². The summed E-state index contributed by atoms with van der Waals surface area (Å²) in [6.07, 6.45) is -8.78. The summed E-state index contributed by atoms with van der Waals surface area (Å²) in [7, 11) is 0. The maximum Gasteiger partial charge on any atom is 0.303 e. The highest BCUT2D eigenvalue weighted by Gasteiger charge is 2.55. The summed E-state index contributed by atoms with van der Waals surface area (Å²) in [6, 6.07) is 0. The van der Waals surface area contributed by atoms with Gasteiger partial charge < -0.3 is 47.4 Å². The topological polar surface area (TPSA) is 195 Å². The molecular formula is C34H50O16. The van der Waals surface area contributed by atoms with E-state index in [2.05, 4.69) is 6.58 Å². The lowest BCUT2D eigenvalue weighted by Crippen LogP contribution is -2.65. The molecule has 16 nitrogen and oxygen atoms in total. The second-order valence-corrected chi connectivity index (χ2v) is 12.5. The standard InChI is InChI=1S/C34H50O16/c1-12-34(11,15-13-14-17(2)3)50-33-31(48-24(10)40)29(46-22(8)38)27(44-20(6)36)25(49-33)16-41-32-30(47-23(9)39)28(45-21(7)37)26(18(4)42-32)43-19(5)35/h12,14,18,25-33H,1,13,15-16H2,2-11H3/t18-,25+,26-,27+,28+,29-,30+,31+,32+,33-,34?/m0/s1. The molecule has 2 rings (SSSR count). The average molecular weight is 715 g/mol. The van der Waals surface area contributed by atoms with E-state index in [-0.39, 0.29) is 0 Å². The predicted molar refractivity (Wildman–Crippen MR) is 171 cm³/mol. The van der Waals surface area contributed by atoms with Crippen LogP contribution in [0.3, 0.4) is 0 Å². The third-order valence-corrected chi connectivity index (χ3v) is 7.57.